The Kier molecular flexibility index (Phi) is 8.10. The van der Waals surface area contributed by atoms with E-state index in [2.05, 4.69) is 0 Å². The second-order valence-corrected chi connectivity index (χ2v) is 19.3. The van der Waals surface area contributed by atoms with Gasteiger partial charge in [-0.25, -0.2) is 4.79 Å². The molecule has 20 atom stereocenters. The molecule has 0 amide bonds. The lowest BCUT2D eigenvalue weighted by molar-refractivity contribution is -0.280. The standard InChI is InChI=1S/C40H54O15/c1-14(2)11-21(44)53-29-22-24-28(46)26-23(15(3)31-40(54-31)37(26,9)38(10,48)34(47)55-40)36(24,8)33(52-18(6)43)30(50-16(4)41)25(22)35(7)19(27(29)45)12-39(49)13-20(39)32(35)51-17(5)42/h14-15,19-20,22-26,28-33,46,48-49H,11-13H2,1-10H3/t15-,19+,20+,22-,23-,24+,25+,26-,28+,29+,30-,31+,32-,33-,35-,36+,37-,38+,39+,40-/m0/s1. The van der Waals surface area contributed by atoms with Gasteiger partial charge in [0, 0.05) is 73.5 Å². The van der Waals surface area contributed by atoms with Crippen LogP contribution in [0.25, 0.3) is 0 Å². The lowest BCUT2D eigenvalue weighted by Crippen LogP contribution is -2.75. The molecule has 0 radical (unpaired) electrons. The number of hydrogen-bond donors (Lipinski definition) is 3. The van der Waals surface area contributed by atoms with Crippen molar-refractivity contribution >= 4 is 35.6 Å². The third kappa shape index (κ3) is 4.58. The van der Waals surface area contributed by atoms with Crippen LogP contribution in [0.5, 0.6) is 0 Å². The second kappa shape index (κ2) is 11.5. The van der Waals surface area contributed by atoms with E-state index in [9.17, 15) is 39.3 Å². The van der Waals surface area contributed by atoms with Crippen molar-refractivity contribution < 1.29 is 72.5 Å². The SMILES string of the molecule is CC(=O)O[C@H]1[C@H]2[C@H]([C@@H]3[C@@H](O)[C@@H]4[C@H]([C@H](C)[C@H]5O[C@]56OC(=O)[C@@](C)(O)[C@]46C)[C@@]3(C)[C@H]1OC(C)=O)[C@@H](OC(=O)CC(C)C)C(=O)[C@H]1C[C@@]3(O)C[C@@H]3[C@H](OC(C)=O)[C@]21C. The van der Waals surface area contributed by atoms with E-state index >= 15 is 4.79 Å². The van der Waals surface area contributed by atoms with Crippen molar-refractivity contribution in [2.45, 2.75) is 142 Å². The molecule has 2 saturated heterocycles. The molecule has 1 spiro atoms. The van der Waals surface area contributed by atoms with E-state index in [1.54, 1.807) is 20.8 Å². The second-order valence-electron chi connectivity index (χ2n) is 19.3. The van der Waals surface area contributed by atoms with Crippen molar-refractivity contribution in [1.29, 1.82) is 0 Å². The van der Waals surface area contributed by atoms with E-state index in [0.717, 1.165) is 0 Å². The predicted octanol–water partition coefficient (Wildman–Crippen LogP) is 1.63. The van der Waals surface area contributed by atoms with E-state index in [1.807, 2.05) is 20.8 Å². The third-order valence-electron chi connectivity index (χ3n) is 16.2. The first-order valence-corrected chi connectivity index (χ1v) is 19.6. The Morgan fingerprint density at radius 1 is 0.818 bits per heavy atom. The van der Waals surface area contributed by atoms with Crippen molar-refractivity contribution in [3.05, 3.63) is 0 Å². The van der Waals surface area contributed by atoms with Gasteiger partial charge in [0.1, 0.15) is 24.4 Å². The van der Waals surface area contributed by atoms with Gasteiger partial charge < -0.3 is 43.7 Å². The van der Waals surface area contributed by atoms with Crippen LogP contribution in [0.15, 0.2) is 0 Å². The molecule has 15 nitrogen and oxygen atoms in total. The first kappa shape index (κ1) is 38.7. The molecule has 2 heterocycles. The summed E-state index contributed by atoms with van der Waals surface area (Å²) in [5, 5.41) is 36.9. The minimum absolute atomic E-state index is 0.0384. The number of esters is 5. The molecule has 55 heavy (non-hydrogen) atoms. The van der Waals surface area contributed by atoms with Gasteiger partial charge in [-0.3, -0.25) is 24.0 Å². The average Bonchev–Trinajstić information content (AvgIpc) is 3.93. The summed E-state index contributed by atoms with van der Waals surface area (Å²) in [6.45, 7) is 15.7. The van der Waals surface area contributed by atoms with Gasteiger partial charge in [0.25, 0.3) is 0 Å². The molecular formula is C40H54O15. The van der Waals surface area contributed by atoms with Crippen LogP contribution in [0.4, 0.5) is 0 Å². The number of carbonyl (C=O) groups is 6. The van der Waals surface area contributed by atoms with Crippen LogP contribution in [0.3, 0.4) is 0 Å². The summed E-state index contributed by atoms with van der Waals surface area (Å²) in [5.74, 6) is -13.1. The fourth-order valence-electron chi connectivity index (χ4n) is 14.0. The van der Waals surface area contributed by atoms with E-state index in [-0.39, 0.29) is 25.2 Å². The van der Waals surface area contributed by atoms with Crippen LogP contribution in [-0.2, 0) is 57.2 Å². The molecule has 0 aromatic rings. The summed E-state index contributed by atoms with van der Waals surface area (Å²) in [5.41, 5.74) is -7.89. The number of epoxide rings is 1. The highest BCUT2D eigenvalue weighted by atomic mass is 16.8. The van der Waals surface area contributed by atoms with Crippen LogP contribution in [0.2, 0.25) is 0 Å². The molecule has 0 bridgehead atoms. The number of Topliss-reactive ketones (excluding diaryl/α,β-unsaturated/α-hetero) is 1. The molecule has 0 unspecified atom stereocenters. The van der Waals surface area contributed by atoms with Gasteiger partial charge in [0.2, 0.25) is 5.79 Å². The average molecular weight is 775 g/mol. The number of fused-ring (bicyclic) bond motifs is 9. The summed E-state index contributed by atoms with van der Waals surface area (Å²) < 4.78 is 36.9. The Hall–Kier alpha value is -3.14. The normalized spacial score (nSPS) is 54.9. The van der Waals surface area contributed by atoms with E-state index in [4.69, 9.17) is 28.4 Å². The number of aliphatic hydroxyl groups excluding tert-OH is 1. The molecule has 15 heteroatoms. The molecule has 2 aliphatic heterocycles. The predicted molar refractivity (Wildman–Crippen MR) is 183 cm³/mol. The molecule has 3 N–H and O–H groups in total. The smallest absolute Gasteiger partial charge is 0.341 e. The molecule has 8 aliphatic rings. The number of hydrogen-bond acceptors (Lipinski definition) is 15. The Labute approximate surface area is 319 Å². The highest BCUT2D eigenvalue weighted by Gasteiger charge is 2.93. The van der Waals surface area contributed by atoms with Crippen LogP contribution in [0, 0.1) is 69.5 Å². The molecular weight excluding hydrogens is 720 g/mol. The van der Waals surface area contributed by atoms with Crippen LogP contribution in [-0.4, -0.2) is 105 Å². The highest BCUT2D eigenvalue weighted by Crippen LogP contribution is 2.81. The first-order chi connectivity index (χ1) is 25.4. The Balaban J connectivity index is 1.41. The lowest BCUT2D eigenvalue weighted by Gasteiger charge is -2.66. The van der Waals surface area contributed by atoms with Gasteiger partial charge in [-0.05, 0) is 44.4 Å². The summed E-state index contributed by atoms with van der Waals surface area (Å²) in [4.78, 5) is 81.9. The minimum Gasteiger partial charge on any atom is -0.462 e. The van der Waals surface area contributed by atoms with Crippen LogP contribution < -0.4 is 0 Å². The topological polar surface area (TPSA) is 222 Å². The van der Waals surface area contributed by atoms with Gasteiger partial charge in [-0.2, -0.15) is 0 Å². The minimum atomic E-state index is -2.16. The number of aliphatic hydroxyl groups is 3. The summed E-state index contributed by atoms with van der Waals surface area (Å²) >= 11 is 0. The Bertz CT molecular complexity index is 1770. The van der Waals surface area contributed by atoms with Crippen molar-refractivity contribution in [3.63, 3.8) is 0 Å². The first-order valence-electron chi connectivity index (χ1n) is 19.6. The maximum Gasteiger partial charge on any atom is 0.341 e. The number of ether oxygens (including phenoxy) is 6. The number of carbonyl (C=O) groups excluding carboxylic acids is 6. The van der Waals surface area contributed by atoms with Crippen molar-refractivity contribution in [3.8, 4) is 0 Å². The molecule has 304 valence electrons. The third-order valence-corrected chi connectivity index (χ3v) is 16.2. The zero-order valence-corrected chi connectivity index (χ0v) is 33.0. The maximum absolute atomic E-state index is 15.3. The van der Waals surface area contributed by atoms with Crippen molar-refractivity contribution in [1.82, 2.24) is 0 Å². The number of rotatable bonds is 6. The molecule has 0 aromatic carbocycles. The van der Waals surface area contributed by atoms with E-state index < -0.39 is 153 Å². The van der Waals surface area contributed by atoms with Gasteiger partial charge in [0.05, 0.1) is 17.1 Å². The summed E-state index contributed by atoms with van der Waals surface area (Å²) in [6.07, 6.45) is -7.33. The number of ketones is 1. The quantitative estimate of drug-likeness (QED) is 0.198. The van der Waals surface area contributed by atoms with Gasteiger partial charge in [-0.15, -0.1) is 0 Å². The fourth-order valence-corrected chi connectivity index (χ4v) is 14.0. The summed E-state index contributed by atoms with van der Waals surface area (Å²) in [7, 11) is 0. The molecule has 8 rings (SSSR count). The van der Waals surface area contributed by atoms with Crippen molar-refractivity contribution in [2.75, 3.05) is 0 Å². The van der Waals surface area contributed by atoms with E-state index in [1.165, 1.54) is 27.7 Å². The Morgan fingerprint density at radius 3 is 2.00 bits per heavy atom. The molecule has 6 aliphatic carbocycles. The zero-order chi connectivity index (χ0) is 40.5. The highest BCUT2D eigenvalue weighted by molar-refractivity contribution is 5.91. The molecule has 6 saturated carbocycles. The molecule has 8 fully saturated rings. The monoisotopic (exact) mass is 774 g/mol. The fraction of sp³-hybridized carbons (Fsp3) is 0.850. The van der Waals surface area contributed by atoms with Gasteiger partial charge in [0.15, 0.2) is 17.5 Å². The lowest BCUT2D eigenvalue weighted by atomic mass is 9.40. The zero-order valence-electron chi connectivity index (χ0n) is 33.0. The van der Waals surface area contributed by atoms with Crippen LogP contribution in [0.1, 0.15) is 88.5 Å². The van der Waals surface area contributed by atoms with Gasteiger partial charge in [-0.1, -0.05) is 34.6 Å². The van der Waals surface area contributed by atoms with Crippen molar-refractivity contribution in [2.24, 2.45) is 69.5 Å². The Morgan fingerprint density at radius 2 is 1.42 bits per heavy atom. The maximum atomic E-state index is 15.3. The largest absolute Gasteiger partial charge is 0.462 e. The van der Waals surface area contributed by atoms with Gasteiger partial charge >= 0.3 is 29.8 Å². The van der Waals surface area contributed by atoms with Crippen LogP contribution >= 0.6 is 0 Å². The summed E-state index contributed by atoms with van der Waals surface area (Å²) in [6, 6.07) is 0. The molecule has 0 aromatic heterocycles. The van der Waals surface area contributed by atoms with E-state index in [0.29, 0.717) is 0 Å².